The molecule has 3 aliphatic heterocycles. The van der Waals surface area contributed by atoms with Crippen LogP contribution in [0.5, 0.6) is 0 Å². The fourth-order valence-electron chi connectivity index (χ4n) is 6.00. The molecule has 0 radical (unpaired) electrons. The predicted molar refractivity (Wildman–Crippen MR) is 134 cm³/mol. The molecule has 0 spiro atoms. The van der Waals surface area contributed by atoms with Crippen LogP contribution in [0.1, 0.15) is 38.7 Å². The van der Waals surface area contributed by atoms with E-state index in [1.165, 1.54) is 6.21 Å². The number of nitrogens with zero attached hydrogens (tertiary/aromatic N) is 2. The maximum Gasteiger partial charge on any atom is 0.398 e. The van der Waals surface area contributed by atoms with Crippen molar-refractivity contribution in [2.45, 2.75) is 63.1 Å². The van der Waals surface area contributed by atoms with Crippen molar-refractivity contribution in [3.63, 3.8) is 0 Å². The van der Waals surface area contributed by atoms with Gasteiger partial charge in [-0.1, -0.05) is 30.3 Å². The Hall–Kier alpha value is -2.41. The van der Waals surface area contributed by atoms with E-state index in [1.807, 2.05) is 44.2 Å². The number of carbonyl (C=O) groups excluding carboxylic acids is 1. The third-order valence-corrected chi connectivity index (χ3v) is 7.65. The number of piperidine rings is 1. The number of benzene rings is 1. The lowest BCUT2D eigenvalue weighted by molar-refractivity contribution is -0.970. The molecule has 4 atom stereocenters. The molecule has 0 bridgehead atoms. The van der Waals surface area contributed by atoms with Gasteiger partial charge in [0.05, 0.1) is 50.7 Å². The van der Waals surface area contributed by atoms with Crippen LogP contribution in [0.2, 0.25) is 0 Å². The Balaban J connectivity index is 1.70. The molecule has 204 valence electrons. The van der Waals surface area contributed by atoms with Gasteiger partial charge in [0.25, 0.3) is 5.54 Å². The van der Waals surface area contributed by atoms with Crippen molar-refractivity contribution in [3.05, 3.63) is 35.9 Å². The molecule has 3 aliphatic rings. The van der Waals surface area contributed by atoms with E-state index in [1.54, 1.807) is 5.06 Å². The summed E-state index contributed by atoms with van der Waals surface area (Å²) >= 11 is 0. The number of aliphatic carboxylic acids is 1. The van der Waals surface area contributed by atoms with Crippen molar-refractivity contribution in [2.24, 2.45) is 0 Å². The molecule has 3 fully saturated rings. The molecule has 37 heavy (non-hydrogen) atoms. The first kappa shape index (κ1) is 27.6. The Morgan fingerprint density at radius 2 is 1.86 bits per heavy atom. The summed E-state index contributed by atoms with van der Waals surface area (Å²) in [5, 5.41) is 19.5. The van der Waals surface area contributed by atoms with Gasteiger partial charge in [-0.2, -0.15) is 0 Å². The molecule has 1 aromatic rings. The summed E-state index contributed by atoms with van der Waals surface area (Å²) in [6, 6.07) is 9.36. The van der Waals surface area contributed by atoms with Gasteiger partial charge in [-0.25, -0.2) is 15.1 Å². The smallest absolute Gasteiger partial charge is 0.398 e. The van der Waals surface area contributed by atoms with Crippen LogP contribution in [0.25, 0.3) is 0 Å². The van der Waals surface area contributed by atoms with E-state index in [9.17, 15) is 9.59 Å². The largest absolute Gasteiger partial charge is 0.480 e. The lowest BCUT2D eigenvalue weighted by atomic mass is 9.82. The number of carboxylic acid groups (broad SMARTS) is 1. The Bertz CT molecular complexity index is 924. The molecule has 4 unspecified atom stereocenters. The molecule has 3 heterocycles. The highest BCUT2D eigenvalue weighted by Gasteiger charge is 2.61. The van der Waals surface area contributed by atoms with Crippen LogP contribution in [0.4, 0.5) is 0 Å². The number of hydrogen-bond donors (Lipinski definition) is 3. The Morgan fingerprint density at radius 1 is 1.19 bits per heavy atom. The second-order valence-electron chi connectivity index (χ2n) is 10.4. The lowest BCUT2D eigenvalue weighted by Gasteiger charge is -2.53. The maximum absolute atomic E-state index is 14.3. The van der Waals surface area contributed by atoms with Gasteiger partial charge in [-0.05, 0) is 20.3 Å². The van der Waals surface area contributed by atoms with E-state index in [0.717, 1.165) is 6.42 Å². The molecule has 0 amide bonds. The first-order valence-electron chi connectivity index (χ1n) is 13.1. The van der Waals surface area contributed by atoms with E-state index in [0.29, 0.717) is 57.7 Å². The van der Waals surface area contributed by atoms with Gasteiger partial charge in [-0.15, -0.1) is 5.06 Å². The maximum atomic E-state index is 14.3. The summed E-state index contributed by atoms with van der Waals surface area (Å²) in [7, 11) is 0. The first-order valence-corrected chi connectivity index (χ1v) is 13.1. The minimum Gasteiger partial charge on any atom is -0.480 e. The normalized spacial score (nSPS) is 32.4. The number of carbonyl (C=O) groups is 2. The van der Waals surface area contributed by atoms with E-state index >= 15 is 0 Å². The number of ether oxygens (including phenoxy) is 2. The molecule has 0 aliphatic carbocycles. The molecular formula is C26H39N4O7+. The molecule has 0 aromatic heterocycles. The topological polar surface area (TPSA) is 130 Å². The molecule has 11 nitrogen and oxygen atoms in total. The molecule has 3 saturated heterocycles. The van der Waals surface area contributed by atoms with E-state index in [-0.39, 0.29) is 35.5 Å². The number of nitrogens with one attached hydrogen (secondary N) is 2. The number of morpholine rings is 1. The summed E-state index contributed by atoms with van der Waals surface area (Å²) in [5.74, 6) is -1.52. The Morgan fingerprint density at radius 3 is 2.43 bits per heavy atom. The molecule has 0 saturated carbocycles. The highest BCUT2D eigenvalue weighted by molar-refractivity contribution is 5.98. The summed E-state index contributed by atoms with van der Waals surface area (Å²) in [5.41, 5.74) is 2.20. The zero-order chi connectivity index (χ0) is 26.5. The van der Waals surface area contributed by atoms with Crippen LogP contribution in [0, 0.1) is 5.41 Å². The zero-order valence-electron chi connectivity index (χ0n) is 21.6. The number of likely N-dealkylation sites (tertiary alicyclic amines) is 1. The van der Waals surface area contributed by atoms with Crippen LogP contribution < -0.4 is 5.48 Å². The third kappa shape index (κ3) is 6.02. The number of quaternary nitrogens is 1. The number of hydroxylamine groups is 3. The molecule has 1 aromatic carbocycles. The minimum absolute atomic E-state index is 0.0918. The minimum atomic E-state index is -1.42. The quantitative estimate of drug-likeness (QED) is 0.311. The van der Waals surface area contributed by atoms with Crippen LogP contribution in [0.3, 0.4) is 0 Å². The zero-order valence-corrected chi connectivity index (χ0v) is 21.6. The fraction of sp³-hybridized carbons (Fsp3) is 0.654. The molecule has 11 heteroatoms. The van der Waals surface area contributed by atoms with E-state index in [2.05, 4.69) is 5.48 Å². The van der Waals surface area contributed by atoms with Gasteiger partial charge >= 0.3 is 11.9 Å². The predicted octanol–water partition coefficient (Wildman–Crippen LogP) is 1.47. The van der Waals surface area contributed by atoms with E-state index in [4.69, 9.17) is 29.7 Å². The second-order valence-corrected chi connectivity index (χ2v) is 10.4. The van der Waals surface area contributed by atoms with Crippen molar-refractivity contribution in [2.75, 3.05) is 45.9 Å². The molecule has 3 N–H and O–H groups in total. The number of hydrogen-bond acceptors (Lipinski definition) is 9. The summed E-state index contributed by atoms with van der Waals surface area (Å²) < 4.78 is 11.7. The first-order chi connectivity index (χ1) is 17.8. The van der Waals surface area contributed by atoms with Gasteiger partial charge < -0.3 is 24.8 Å². The van der Waals surface area contributed by atoms with Crippen LogP contribution >= 0.6 is 0 Å². The van der Waals surface area contributed by atoms with Crippen LogP contribution in [-0.4, -0.2) is 103 Å². The summed E-state index contributed by atoms with van der Waals surface area (Å²) in [6.45, 7) is 6.62. The Kier molecular flexibility index (Phi) is 8.94. The van der Waals surface area contributed by atoms with Crippen molar-refractivity contribution >= 4 is 18.2 Å². The van der Waals surface area contributed by atoms with Crippen molar-refractivity contribution in [1.29, 1.82) is 5.41 Å². The van der Waals surface area contributed by atoms with Crippen molar-refractivity contribution < 1.29 is 38.3 Å². The van der Waals surface area contributed by atoms with Crippen LogP contribution in [-0.2, 0) is 34.3 Å². The van der Waals surface area contributed by atoms with Crippen molar-refractivity contribution in [1.82, 2.24) is 10.5 Å². The monoisotopic (exact) mass is 519 g/mol. The third-order valence-electron chi connectivity index (χ3n) is 7.65. The number of carboxylic acids is 1. The summed E-state index contributed by atoms with van der Waals surface area (Å²) in [6.07, 6.45) is 2.56. The van der Waals surface area contributed by atoms with Gasteiger partial charge in [0.1, 0.15) is 19.3 Å². The fourth-order valence-corrected chi connectivity index (χ4v) is 6.00. The standard InChI is InChI=1S/C26H38N4O7/c1-19-14-29(15-20(2)35-19)37-25(33)26(18-27,21-6-4-3-5-7-21)30(16-23-8-11-28-36-23)12-9-22(10-13-30)34-17-24(31)32/h3-7,18-20,22-23,27-28H,8-17H2,1-2H3/p+1. The Labute approximate surface area is 217 Å². The second kappa shape index (κ2) is 12.0. The van der Waals surface area contributed by atoms with Gasteiger partial charge in [-0.3, -0.25) is 9.32 Å². The number of rotatable bonds is 10. The van der Waals surface area contributed by atoms with Gasteiger partial charge in [0.2, 0.25) is 0 Å². The molecule has 4 rings (SSSR count). The average Bonchev–Trinajstić information content (AvgIpc) is 3.37. The highest BCUT2D eigenvalue weighted by Crippen LogP contribution is 2.41. The van der Waals surface area contributed by atoms with E-state index < -0.39 is 17.5 Å². The van der Waals surface area contributed by atoms with Gasteiger partial charge in [0, 0.05) is 24.9 Å². The molecular weight excluding hydrogens is 480 g/mol. The highest BCUT2D eigenvalue weighted by atomic mass is 16.7. The lowest BCUT2D eigenvalue weighted by Crippen LogP contribution is -2.72. The SMILES string of the molecule is CC1CN(OC(=O)C(C=N)(c2ccccc2)[N+]2(CC3CCNO3)CCC(OCC(=O)O)CC2)CC(C)O1. The van der Waals surface area contributed by atoms with Gasteiger partial charge in [0.15, 0.2) is 0 Å². The summed E-state index contributed by atoms with van der Waals surface area (Å²) in [4.78, 5) is 37.2. The van der Waals surface area contributed by atoms with Crippen molar-refractivity contribution in [3.8, 4) is 0 Å². The van der Waals surface area contributed by atoms with Crippen LogP contribution in [0.15, 0.2) is 30.3 Å². The average molecular weight is 520 g/mol.